The molecule has 2 aliphatic heterocycles. The van der Waals surface area contributed by atoms with Gasteiger partial charge in [-0.25, -0.2) is 9.59 Å². The highest BCUT2D eigenvalue weighted by Crippen LogP contribution is 2.70. The molecule has 1 saturated heterocycles. The SMILES string of the molecule is CC(=O)OC[C@]12[C@H](OC(C)=O)[C@H](OC(C)=O)[C@@H]3[C@@H](OC(C)=O)[C@@]14O[C@]3(C)COC(=O)c1cccnc1CC[C@H](C)C(=O)O[C@@H]([C@H](OC(=O)c1ccccc1)[C@@H]2OC(C)=O)[C@@]4(C)O. The van der Waals surface area contributed by atoms with Crippen LogP contribution < -0.4 is 0 Å². The molecule has 1 aromatic heterocycles. The van der Waals surface area contributed by atoms with Gasteiger partial charge in [0, 0.05) is 40.8 Å². The largest absolute Gasteiger partial charge is 0.465 e. The summed E-state index contributed by atoms with van der Waals surface area (Å²) in [7, 11) is 0. The van der Waals surface area contributed by atoms with Gasteiger partial charge in [0.1, 0.15) is 42.0 Å². The van der Waals surface area contributed by atoms with Crippen molar-refractivity contribution in [3.05, 3.63) is 65.5 Å². The lowest BCUT2D eigenvalue weighted by Gasteiger charge is -2.67. The monoisotopic (exact) mass is 867 g/mol. The molecule has 19 heteroatoms. The standard InChI is InChI=1S/C43H49NO18/c1-21-16-17-29-28(15-12-18-44-29)39(52)55-19-40(7)30-31(56-23(3)46)35(58-25(5)48)42(20-54-22(2)45)36(59-26(6)49)32(60-38(51)27-13-10-9-11-14-27)34(61-37(21)50)41(8,53)43(42,62-40)33(30)57-24(4)47/h9-15,18,21,30-36,53H,16-17,19-20H2,1-8H3/t21-,30+,31+,32-,33+,34-,35+,36-,40+,41+,42+,43-/m0/s1. The van der Waals surface area contributed by atoms with Gasteiger partial charge in [-0.1, -0.05) is 25.1 Å². The van der Waals surface area contributed by atoms with E-state index in [1.165, 1.54) is 56.4 Å². The number of pyridine rings is 1. The number of hydrogen-bond donors (Lipinski definition) is 1. The van der Waals surface area contributed by atoms with Crippen molar-refractivity contribution < 1.29 is 86.1 Å². The number of aromatic nitrogens is 1. The van der Waals surface area contributed by atoms with Gasteiger partial charge in [0.25, 0.3) is 0 Å². The first kappa shape index (κ1) is 45.6. The Bertz CT molecular complexity index is 2140. The Morgan fingerprint density at radius 2 is 1.37 bits per heavy atom. The molecule has 0 amide bonds. The topological polar surface area (TPSA) is 253 Å². The van der Waals surface area contributed by atoms with Crippen molar-refractivity contribution in [3.8, 4) is 0 Å². The summed E-state index contributed by atoms with van der Waals surface area (Å²) in [6, 6.07) is 10.4. The molecular formula is C43H49NO18. The lowest BCUT2D eigenvalue weighted by molar-refractivity contribution is -0.386. The van der Waals surface area contributed by atoms with Crippen LogP contribution >= 0.6 is 0 Å². The van der Waals surface area contributed by atoms with Gasteiger partial charge >= 0.3 is 47.8 Å². The first-order chi connectivity index (χ1) is 29.1. The van der Waals surface area contributed by atoms with Gasteiger partial charge in [-0.05, 0) is 51.0 Å². The van der Waals surface area contributed by atoms with Gasteiger partial charge in [-0.3, -0.25) is 33.8 Å². The van der Waals surface area contributed by atoms with Crippen LogP contribution in [0.4, 0.5) is 0 Å². The number of nitrogens with zero attached hydrogens (tertiary/aromatic N) is 1. The molecule has 3 fully saturated rings. The van der Waals surface area contributed by atoms with E-state index in [2.05, 4.69) is 4.98 Å². The van der Waals surface area contributed by atoms with Gasteiger partial charge in [0.15, 0.2) is 30.0 Å². The Hall–Kier alpha value is -5.95. The van der Waals surface area contributed by atoms with E-state index < -0.39 is 132 Å². The van der Waals surface area contributed by atoms with Gasteiger partial charge in [-0.2, -0.15) is 0 Å². The van der Waals surface area contributed by atoms with E-state index in [9.17, 15) is 43.5 Å². The van der Waals surface area contributed by atoms with Crippen LogP contribution in [0.25, 0.3) is 0 Å². The first-order valence-electron chi connectivity index (χ1n) is 19.9. The molecule has 2 saturated carbocycles. The van der Waals surface area contributed by atoms with Gasteiger partial charge in [0.2, 0.25) is 0 Å². The van der Waals surface area contributed by atoms with Crippen LogP contribution in [-0.2, 0) is 77.8 Å². The molecule has 19 nitrogen and oxygen atoms in total. The summed E-state index contributed by atoms with van der Waals surface area (Å²) in [5.74, 6) is -10.7. The molecule has 0 unspecified atom stereocenters. The second kappa shape index (κ2) is 17.1. The minimum Gasteiger partial charge on any atom is -0.465 e. The molecular weight excluding hydrogens is 818 g/mol. The predicted molar refractivity (Wildman–Crippen MR) is 205 cm³/mol. The Labute approximate surface area is 355 Å². The molecule has 4 aliphatic rings. The number of rotatable bonds is 8. The van der Waals surface area contributed by atoms with Crippen molar-refractivity contribution in [2.75, 3.05) is 13.2 Å². The van der Waals surface area contributed by atoms with Gasteiger partial charge in [-0.15, -0.1) is 0 Å². The fraction of sp³-hybridized carbons (Fsp3) is 0.558. The summed E-state index contributed by atoms with van der Waals surface area (Å²) in [6.45, 7) is 7.16. The Morgan fingerprint density at radius 1 is 0.774 bits per heavy atom. The number of aryl methyl sites for hydroxylation is 1. The number of esters is 8. The minimum atomic E-state index is -2.86. The molecule has 0 radical (unpaired) electrons. The fourth-order valence-electron chi connectivity index (χ4n) is 9.73. The number of ether oxygens (including phenoxy) is 9. The summed E-state index contributed by atoms with van der Waals surface area (Å²) in [4.78, 5) is 113. The maximum absolute atomic E-state index is 14.4. The maximum Gasteiger partial charge on any atom is 0.340 e. The van der Waals surface area contributed by atoms with Gasteiger partial charge < -0.3 is 47.7 Å². The van der Waals surface area contributed by atoms with Crippen molar-refractivity contribution in [1.82, 2.24) is 4.98 Å². The minimum absolute atomic E-state index is 0.0225. The molecule has 334 valence electrons. The smallest absolute Gasteiger partial charge is 0.340 e. The van der Waals surface area contributed by atoms with E-state index in [1.54, 1.807) is 6.07 Å². The number of cyclic esters (lactones) is 1. The molecule has 3 heterocycles. The Morgan fingerprint density at radius 3 is 1.97 bits per heavy atom. The summed E-state index contributed by atoms with van der Waals surface area (Å²) in [5.41, 5.74) is -10.1. The van der Waals surface area contributed by atoms with Crippen LogP contribution in [0.1, 0.15) is 88.2 Å². The van der Waals surface area contributed by atoms with Crippen molar-refractivity contribution in [2.24, 2.45) is 17.3 Å². The second-order valence-corrected chi connectivity index (χ2v) is 16.4. The Kier molecular flexibility index (Phi) is 12.6. The predicted octanol–water partition coefficient (Wildman–Crippen LogP) is 2.16. The molecule has 6 rings (SSSR count). The molecule has 62 heavy (non-hydrogen) atoms. The number of hydrogen-bond acceptors (Lipinski definition) is 19. The number of fused-ring (bicyclic) bond motifs is 5. The number of carbonyl (C=O) groups excluding carboxylic acids is 8. The molecule has 4 bridgehead atoms. The average Bonchev–Trinajstić information content (AvgIpc) is 3.41. The van der Waals surface area contributed by atoms with Crippen LogP contribution in [0.2, 0.25) is 0 Å². The van der Waals surface area contributed by atoms with E-state index >= 15 is 0 Å². The zero-order valence-corrected chi connectivity index (χ0v) is 35.4. The first-order valence-corrected chi connectivity index (χ1v) is 19.9. The molecule has 1 N–H and O–H groups in total. The quantitative estimate of drug-likeness (QED) is 0.295. The highest BCUT2D eigenvalue weighted by molar-refractivity contribution is 5.91. The number of carbonyl (C=O) groups is 8. The van der Waals surface area contributed by atoms with Crippen molar-refractivity contribution in [1.29, 1.82) is 0 Å². The van der Waals surface area contributed by atoms with Gasteiger partial charge in [0.05, 0.1) is 28.7 Å². The number of aliphatic hydroxyl groups is 1. The zero-order chi connectivity index (χ0) is 45.5. The summed E-state index contributed by atoms with van der Waals surface area (Å²) in [6.07, 6.45) is -10.6. The van der Waals surface area contributed by atoms with Crippen LogP contribution in [0.3, 0.4) is 0 Å². The highest BCUT2D eigenvalue weighted by atomic mass is 16.7. The second-order valence-electron chi connectivity index (χ2n) is 16.4. The lowest BCUT2D eigenvalue weighted by atomic mass is 9.45. The molecule has 1 aromatic carbocycles. The van der Waals surface area contributed by atoms with E-state index in [1.807, 2.05) is 0 Å². The summed E-state index contributed by atoms with van der Waals surface area (Å²) >= 11 is 0. The third kappa shape index (κ3) is 7.76. The summed E-state index contributed by atoms with van der Waals surface area (Å²) < 4.78 is 55.3. The molecule has 2 aliphatic carbocycles. The maximum atomic E-state index is 14.4. The normalized spacial score (nSPS) is 35.0. The zero-order valence-electron chi connectivity index (χ0n) is 35.4. The van der Waals surface area contributed by atoms with E-state index in [4.69, 9.17) is 42.6 Å². The van der Waals surface area contributed by atoms with E-state index in [-0.39, 0.29) is 29.7 Å². The number of benzene rings is 1. The lowest BCUT2D eigenvalue weighted by Crippen LogP contribution is -2.89. The third-order valence-corrected chi connectivity index (χ3v) is 12.1. The highest BCUT2D eigenvalue weighted by Gasteiger charge is 2.92. The Balaban J connectivity index is 1.77. The third-order valence-electron chi connectivity index (χ3n) is 12.1. The molecule has 2 aromatic rings. The van der Waals surface area contributed by atoms with Crippen LogP contribution in [0.5, 0.6) is 0 Å². The van der Waals surface area contributed by atoms with E-state index in [0.29, 0.717) is 0 Å². The molecule has 12 atom stereocenters. The van der Waals surface area contributed by atoms with Crippen molar-refractivity contribution >= 4 is 47.8 Å². The van der Waals surface area contributed by atoms with Crippen molar-refractivity contribution in [3.63, 3.8) is 0 Å². The summed E-state index contributed by atoms with van der Waals surface area (Å²) in [5, 5.41) is 13.6. The van der Waals surface area contributed by atoms with Crippen molar-refractivity contribution in [2.45, 2.75) is 122 Å². The van der Waals surface area contributed by atoms with Crippen LogP contribution in [-0.4, -0.2) is 124 Å². The fourth-order valence-corrected chi connectivity index (χ4v) is 9.73. The average molecular weight is 868 g/mol. The van der Waals surface area contributed by atoms with Crippen LogP contribution in [0.15, 0.2) is 48.7 Å². The molecule has 1 spiro atoms. The van der Waals surface area contributed by atoms with E-state index in [0.717, 1.165) is 41.5 Å². The van der Waals surface area contributed by atoms with Crippen LogP contribution in [0, 0.1) is 17.3 Å².